The lowest BCUT2D eigenvalue weighted by atomic mass is 9.85. The molecular formula is C56H60N10O8S2. The van der Waals surface area contributed by atoms with E-state index in [2.05, 4.69) is 49.9 Å². The molecule has 4 amide bonds. The Morgan fingerprint density at radius 3 is 2.33 bits per heavy atom. The molecule has 0 spiro atoms. The highest BCUT2D eigenvalue weighted by atomic mass is 32.1. The number of aliphatic hydroxyl groups excluding tert-OH is 1. The maximum absolute atomic E-state index is 14.4. The summed E-state index contributed by atoms with van der Waals surface area (Å²) in [6, 6.07) is 19.4. The van der Waals surface area contributed by atoms with Crippen molar-refractivity contribution in [2.45, 2.75) is 105 Å². The van der Waals surface area contributed by atoms with Gasteiger partial charge in [0.15, 0.2) is 11.6 Å². The van der Waals surface area contributed by atoms with Crippen LogP contribution in [0.25, 0.3) is 26.4 Å². The van der Waals surface area contributed by atoms with Gasteiger partial charge in [0.2, 0.25) is 17.7 Å². The molecule has 394 valence electrons. The predicted octanol–water partition coefficient (Wildman–Crippen LogP) is 8.25. The molecule has 0 unspecified atom stereocenters. The number of aliphatic imine (C=N–C) groups is 1. The Hall–Kier alpha value is -7.55. The molecule has 7 aromatic rings. The van der Waals surface area contributed by atoms with E-state index in [4.69, 9.17) is 9.41 Å². The molecule has 0 aliphatic carbocycles. The Labute approximate surface area is 447 Å². The van der Waals surface area contributed by atoms with E-state index in [0.717, 1.165) is 54.0 Å². The minimum Gasteiger partial charge on any atom is -0.481 e. The van der Waals surface area contributed by atoms with Crippen molar-refractivity contribution in [2.24, 2.45) is 16.3 Å². The van der Waals surface area contributed by atoms with Gasteiger partial charge in [-0.05, 0) is 99.5 Å². The molecule has 76 heavy (non-hydrogen) atoms. The first-order valence-corrected chi connectivity index (χ1v) is 27.0. The number of benzene rings is 3. The summed E-state index contributed by atoms with van der Waals surface area (Å²) in [4.78, 5) is 83.1. The predicted molar refractivity (Wildman–Crippen MR) is 291 cm³/mol. The standard InChI is InChI=1S/C56H60N10O8S2/c1-28-31(4)76-55-46(28)47(60-41(24-45(68)69)50-63-62-32(5)66(50)55)34-13-16-39(17-14-34)64-20-19-36(25-64)51(70)59-38-15-18-43-37(21-38)22-44(74-43)53(72)61-49(56(6,7)8)54(73)65-26-40(67)23-42(65)52(71)58-29(2)33-9-11-35(12-10-33)48-30(3)57-27-75-48/h9-18,21-22,27,29,36,40-42,49,67H,19-20,23-26H2,1-8H3,(H,58,71)(H,59,70)(H,61,72)(H,68,69)/t29-,36-,40+,41-,42-,49+/m0/s1. The molecule has 2 fully saturated rings. The van der Waals surface area contributed by atoms with Crippen molar-refractivity contribution in [1.29, 1.82) is 0 Å². The summed E-state index contributed by atoms with van der Waals surface area (Å²) in [7, 11) is 0. The minimum atomic E-state index is -1.08. The number of thiazole rings is 1. The number of rotatable bonds is 13. The number of nitrogens with zero attached hydrogens (tertiary/aromatic N) is 7. The monoisotopic (exact) mass is 1060 g/mol. The second-order valence-corrected chi connectivity index (χ2v) is 23.2. The van der Waals surface area contributed by atoms with Crippen molar-refractivity contribution in [3.05, 3.63) is 129 Å². The summed E-state index contributed by atoms with van der Waals surface area (Å²) in [5.41, 5.74) is 9.28. The van der Waals surface area contributed by atoms with Crippen LogP contribution in [-0.4, -0.2) is 108 Å². The fourth-order valence-electron chi connectivity index (χ4n) is 10.4. The van der Waals surface area contributed by atoms with Gasteiger partial charge in [0.05, 0.1) is 46.3 Å². The third-order valence-corrected chi connectivity index (χ3v) is 16.9. The van der Waals surface area contributed by atoms with Gasteiger partial charge in [0, 0.05) is 58.8 Å². The number of aliphatic hydroxyl groups is 1. The lowest BCUT2D eigenvalue weighted by Gasteiger charge is -2.35. The van der Waals surface area contributed by atoms with Gasteiger partial charge in [0.1, 0.15) is 34.5 Å². The highest BCUT2D eigenvalue weighted by Gasteiger charge is 2.45. The van der Waals surface area contributed by atoms with Crippen LogP contribution in [0.3, 0.4) is 0 Å². The topological polar surface area (TPSA) is 237 Å². The van der Waals surface area contributed by atoms with Gasteiger partial charge in [-0.15, -0.1) is 32.9 Å². The van der Waals surface area contributed by atoms with Gasteiger partial charge in [-0.2, -0.15) is 0 Å². The highest BCUT2D eigenvalue weighted by molar-refractivity contribution is 7.15. The van der Waals surface area contributed by atoms with Crippen molar-refractivity contribution < 1.29 is 38.6 Å². The second-order valence-electron chi connectivity index (χ2n) is 21.1. The van der Waals surface area contributed by atoms with E-state index in [1.54, 1.807) is 46.9 Å². The summed E-state index contributed by atoms with van der Waals surface area (Å²) in [6.07, 6.45) is -0.482. The summed E-state index contributed by atoms with van der Waals surface area (Å²) >= 11 is 3.17. The van der Waals surface area contributed by atoms with E-state index in [0.29, 0.717) is 53.5 Å². The number of hydrogen-bond acceptors (Lipinski definition) is 14. The van der Waals surface area contributed by atoms with Crippen molar-refractivity contribution in [3.8, 4) is 15.4 Å². The number of aromatic nitrogens is 4. The lowest BCUT2D eigenvalue weighted by Crippen LogP contribution is -2.57. The Balaban J connectivity index is 0.773. The van der Waals surface area contributed by atoms with E-state index in [-0.39, 0.29) is 43.0 Å². The van der Waals surface area contributed by atoms with Crippen molar-refractivity contribution in [3.63, 3.8) is 0 Å². The number of anilines is 2. The Bertz CT molecular complexity index is 3440. The maximum Gasteiger partial charge on any atom is 0.306 e. The normalized spacial score (nSPS) is 19.1. The number of carboxylic acid groups (broad SMARTS) is 1. The number of fused-ring (bicyclic) bond motifs is 4. The Morgan fingerprint density at radius 1 is 0.895 bits per heavy atom. The first kappa shape index (κ1) is 51.9. The summed E-state index contributed by atoms with van der Waals surface area (Å²) in [5.74, 6) is -1.85. The van der Waals surface area contributed by atoms with E-state index < -0.39 is 53.3 Å². The summed E-state index contributed by atoms with van der Waals surface area (Å²) < 4.78 is 7.92. The number of nitrogens with one attached hydrogen (secondary N) is 3. The number of furan rings is 1. The average molecular weight is 1070 g/mol. The molecule has 18 nitrogen and oxygen atoms in total. The highest BCUT2D eigenvalue weighted by Crippen LogP contribution is 2.40. The molecule has 7 heterocycles. The van der Waals surface area contributed by atoms with Gasteiger partial charge in [0.25, 0.3) is 5.91 Å². The van der Waals surface area contributed by atoms with E-state index in [1.165, 1.54) is 4.90 Å². The first-order valence-electron chi connectivity index (χ1n) is 25.3. The van der Waals surface area contributed by atoms with E-state index in [9.17, 15) is 34.2 Å². The first-order chi connectivity index (χ1) is 36.2. The molecule has 5 N–H and O–H groups in total. The SMILES string of the molecule is Cc1ncsc1-c1ccc([C@H](C)NC(=O)[C@@H]2C[C@@H](O)CN2C(=O)[C@@H](NC(=O)c2cc3cc(NC(=O)[C@H]4CCN(c5ccc(C6=N[C@@H](CC(=O)O)c7nnc(C)n7-c7sc(C)c(C)c76)cc5)C4)ccc3o2)C(C)(C)C)cc1. The number of carbonyl (C=O) groups is 5. The molecule has 2 saturated heterocycles. The summed E-state index contributed by atoms with van der Waals surface area (Å²) in [5, 5.41) is 39.7. The van der Waals surface area contributed by atoms with Crippen LogP contribution in [0.1, 0.15) is 114 Å². The number of aryl methyl sites for hydroxylation is 3. The number of carbonyl (C=O) groups excluding carboxylic acids is 4. The third kappa shape index (κ3) is 10.2. The van der Waals surface area contributed by atoms with Crippen LogP contribution in [-0.2, 0) is 19.2 Å². The molecule has 20 heteroatoms. The van der Waals surface area contributed by atoms with Gasteiger partial charge < -0.3 is 40.4 Å². The number of amides is 4. The zero-order valence-electron chi connectivity index (χ0n) is 43.5. The lowest BCUT2D eigenvalue weighted by molar-refractivity contribution is -0.142. The maximum atomic E-state index is 14.4. The molecular weight excluding hydrogens is 1000 g/mol. The number of carboxylic acids is 1. The van der Waals surface area contributed by atoms with Crippen LogP contribution in [0.4, 0.5) is 11.4 Å². The fourth-order valence-corrected chi connectivity index (χ4v) is 12.4. The fraction of sp³-hybridized carbons (Fsp3) is 0.375. The van der Waals surface area contributed by atoms with E-state index in [1.807, 2.05) is 100 Å². The van der Waals surface area contributed by atoms with E-state index >= 15 is 0 Å². The zero-order valence-corrected chi connectivity index (χ0v) is 45.1. The summed E-state index contributed by atoms with van der Waals surface area (Å²) in [6.45, 7) is 16.3. The largest absolute Gasteiger partial charge is 0.481 e. The number of likely N-dealkylation sites (tertiary alicyclic amines) is 1. The smallest absolute Gasteiger partial charge is 0.306 e. The van der Waals surface area contributed by atoms with Crippen molar-refractivity contribution >= 4 is 80.3 Å². The zero-order chi connectivity index (χ0) is 53.9. The van der Waals surface area contributed by atoms with Gasteiger partial charge >= 0.3 is 5.97 Å². The molecule has 0 radical (unpaired) electrons. The second kappa shape index (κ2) is 20.5. The quantitative estimate of drug-likeness (QED) is 0.0734. The molecule has 3 aromatic carbocycles. The van der Waals surface area contributed by atoms with Crippen LogP contribution in [0, 0.1) is 39.0 Å². The number of aliphatic carboxylic acids is 1. The van der Waals surface area contributed by atoms with Crippen LogP contribution < -0.4 is 20.9 Å². The van der Waals surface area contributed by atoms with Crippen LogP contribution in [0.5, 0.6) is 0 Å². The molecule has 3 aliphatic rings. The average Bonchev–Trinajstić information content (AvgIpc) is 4.28. The van der Waals surface area contributed by atoms with Crippen LogP contribution in [0.2, 0.25) is 0 Å². The molecule has 6 atom stereocenters. The molecule has 0 saturated carbocycles. The van der Waals surface area contributed by atoms with Crippen LogP contribution in [0.15, 0.2) is 87.7 Å². The van der Waals surface area contributed by atoms with Crippen molar-refractivity contribution in [1.82, 2.24) is 35.3 Å². The molecule has 4 aromatic heterocycles. The number of thiophene rings is 1. The van der Waals surface area contributed by atoms with Gasteiger partial charge in [-0.1, -0.05) is 57.2 Å². The molecule has 3 aliphatic heterocycles. The Kier molecular flexibility index (Phi) is 14.0. The van der Waals surface area contributed by atoms with Gasteiger partial charge in [-0.3, -0.25) is 33.5 Å². The van der Waals surface area contributed by atoms with Crippen LogP contribution >= 0.6 is 22.7 Å². The number of β-amino-alcohol motifs (C(OH)–C–C–N with tert-alkyl or cyclic N) is 1. The third-order valence-electron chi connectivity index (χ3n) is 14.7. The molecule has 10 rings (SSSR count). The van der Waals surface area contributed by atoms with Crippen molar-refractivity contribution in [2.75, 3.05) is 29.9 Å². The number of hydrogen-bond donors (Lipinski definition) is 5. The van der Waals surface area contributed by atoms with Gasteiger partial charge in [-0.25, -0.2) is 4.98 Å². The Morgan fingerprint density at radius 2 is 1.63 bits per heavy atom. The minimum absolute atomic E-state index is 0.0365. The molecule has 0 bridgehead atoms.